The highest BCUT2D eigenvalue weighted by atomic mass is 32.2. The van der Waals surface area contributed by atoms with Gasteiger partial charge in [0, 0.05) is 36.8 Å². The first kappa shape index (κ1) is 13.9. The molecule has 1 aromatic rings. The van der Waals surface area contributed by atoms with E-state index in [1.165, 1.54) is 4.90 Å². The third kappa shape index (κ3) is 4.61. The van der Waals surface area contributed by atoms with Crippen LogP contribution < -0.4 is 5.32 Å². The standard InChI is InChI=1S/C14H22N2OS/c1-15-11-13-12-16(7-9-17-13)8-10-18-14-5-3-2-4-6-14/h2-6,13,15H,7-12H2,1H3. The van der Waals surface area contributed by atoms with Crippen LogP contribution in [0.5, 0.6) is 0 Å². The van der Waals surface area contributed by atoms with Crippen molar-refractivity contribution in [2.75, 3.05) is 45.6 Å². The molecule has 0 amide bonds. The van der Waals surface area contributed by atoms with Gasteiger partial charge in [-0.15, -0.1) is 11.8 Å². The van der Waals surface area contributed by atoms with E-state index < -0.39 is 0 Å². The summed E-state index contributed by atoms with van der Waals surface area (Å²) >= 11 is 1.93. The molecule has 4 heteroatoms. The van der Waals surface area contributed by atoms with Gasteiger partial charge in [-0.1, -0.05) is 18.2 Å². The predicted molar refractivity (Wildman–Crippen MR) is 77.3 cm³/mol. The maximum Gasteiger partial charge on any atom is 0.0826 e. The number of benzene rings is 1. The normalized spacial score (nSPS) is 21.1. The molecule has 3 nitrogen and oxygen atoms in total. The van der Waals surface area contributed by atoms with Crippen LogP contribution in [0, 0.1) is 0 Å². The van der Waals surface area contributed by atoms with Crippen LogP contribution in [0.3, 0.4) is 0 Å². The van der Waals surface area contributed by atoms with Crippen molar-refractivity contribution in [3.63, 3.8) is 0 Å². The summed E-state index contributed by atoms with van der Waals surface area (Å²) in [4.78, 5) is 3.86. The third-order valence-corrected chi connectivity index (χ3v) is 4.07. The van der Waals surface area contributed by atoms with Crippen LogP contribution in [0.15, 0.2) is 35.2 Å². The molecular weight excluding hydrogens is 244 g/mol. The molecule has 1 N–H and O–H groups in total. The van der Waals surface area contributed by atoms with Crippen LogP contribution in [0.4, 0.5) is 0 Å². The van der Waals surface area contributed by atoms with Gasteiger partial charge in [-0.3, -0.25) is 4.90 Å². The van der Waals surface area contributed by atoms with Gasteiger partial charge in [-0.2, -0.15) is 0 Å². The van der Waals surface area contributed by atoms with Gasteiger partial charge in [-0.25, -0.2) is 0 Å². The van der Waals surface area contributed by atoms with Crippen molar-refractivity contribution in [3.8, 4) is 0 Å². The van der Waals surface area contributed by atoms with Crippen LogP contribution in [0.25, 0.3) is 0 Å². The van der Waals surface area contributed by atoms with E-state index >= 15 is 0 Å². The van der Waals surface area contributed by atoms with E-state index in [9.17, 15) is 0 Å². The Kier molecular flexibility index (Phi) is 6.00. The van der Waals surface area contributed by atoms with Gasteiger partial charge >= 0.3 is 0 Å². The van der Waals surface area contributed by atoms with Crippen LogP contribution in [-0.4, -0.2) is 56.6 Å². The van der Waals surface area contributed by atoms with E-state index in [4.69, 9.17) is 4.74 Å². The molecule has 18 heavy (non-hydrogen) atoms. The maximum absolute atomic E-state index is 5.70. The van der Waals surface area contributed by atoms with Gasteiger partial charge in [0.25, 0.3) is 0 Å². The Bertz CT molecular complexity index is 332. The molecule has 100 valence electrons. The minimum atomic E-state index is 0.352. The van der Waals surface area contributed by atoms with Crippen molar-refractivity contribution in [3.05, 3.63) is 30.3 Å². The SMILES string of the molecule is CNCC1CN(CCSc2ccccc2)CCO1. The molecule has 0 radical (unpaired) electrons. The summed E-state index contributed by atoms with van der Waals surface area (Å²) in [5.74, 6) is 1.15. The molecule has 1 heterocycles. The van der Waals surface area contributed by atoms with Crippen LogP contribution in [-0.2, 0) is 4.74 Å². The number of morpholine rings is 1. The Morgan fingerprint density at radius 2 is 2.22 bits per heavy atom. The van der Waals surface area contributed by atoms with Gasteiger partial charge in [-0.05, 0) is 19.2 Å². The zero-order chi connectivity index (χ0) is 12.6. The molecule has 0 aliphatic carbocycles. The highest BCUT2D eigenvalue weighted by Gasteiger charge is 2.19. The molecule has 1 aliphatic rings. The first-order valence-electron chi connectivity index (χ1n) is 6.55. The zero-order valence-electron chi connectivity index (χ0n) is 11.0. The fourth-order valence-corrected chi connectivity index (χ4v) is 3.08. The van der Waals surface area contributed by atoms with E-state index in [1.54, 1.807) is 0 Å². The second-order valence-electron chi connectivity index (χ2n) is 4.51. The van der Waals surface area contributed by atoms with Crippen LogP contribution in [0.1, 0.15) is 0 Å². The van der Waals surface area contributed by atoms with Crippen LogP contribution in [0.2, 0.25) is 0 Å². The fourth-order valence-electron chi connectivity index (χ4n) is 2.14. The van der Waals surface area contributed by atoms with Gasteiger partial charge in [0.2, 0.25) is 0 Å². The fraction of sp³-hybridized carbons (Fsp3) is 0.571. The van der Waals surface area contributed by atoms with Crippen molar-refractivity contribution in [1.29, 1.82) is 0 Å². The second kappa shape index (κ2) is 7.79. The Morgan fingerprint density at radius 3 is 3.00 bits per heavy atom. The Hall–Kier alpha value is -0.550. The number of hydrogen-bond donors (Lipinski definition) is 1. The lowest BCUT2D eigenvalue weighted by Crippen LogP contribution is -2.46. The lowest BCUT2D eigenvalue weighted by atomic mass is 10.2. The van der Waals surface area contributed by atoms with Crippen LogP contribution >= 0.6 is 11.8 Å². The van der Waals surface area contributed by atoms with E-state index in [2.05, 4.69) is 40.5 Å². The minimum Gasteiger partial charge on any atom is -0.374 e. The van der Waals surface area contributed by atoms with E-state index in [1.807, 2.05) is 18.8 Å². The monoisotopic (exact) mass is 266 g/mol. The average Bonchev–Trinajstić information content (AvgIpc) is 2.41. The molecule has 0 spiro atoms. The van der Waals surface area contributed by atoms with Gasteiger partial charge < -0.3 is 10.1 Å². The number of nitrogens with one attached hydrogen (secondary N) is 1. The molecule has 0 aromatic heterocycles. The maximum atomic E-state index is 5.70. The highest BCUT2D eigenvalue weighted by molar-refractivity contribution is 7.99. The molecular formula is C14H22N2OS. The molecule has 0 bridgehead atoms. The van der Waals surface area contributed by atoms with E-state index in [0.717, 1.165) is 38.5 Å². The molecule has 0 saturated carbocycles. The van der Waals surface area contributed by atoms with Gasteiger partial charge in [0.15, 0.2) is 0 Å². The Labute approximate surface area is 114 Å². The van der Waals surface area contributed by atoms with Crippen molar-refractivity contribution < 1.29 is 4.74 Å². The number of ether oxygens (including phenoxy) is 1. The molecule has 1 atom stereocenters. The number of thioether (sulfide) groups is 1. The zero-order valence-corrected chi connectivity index (χ0v) is 11.8. The lowest BCUT2D eigenvalue weighted by Gasteiger charge is -2.32. The molecule has 2 rings (SSSR count). The van der Waals surface area contributed by atoms with Gasteiger partial charge in [0.1, 0.15) is 0 Å². The summed E-state index contributed by atoms with van der Waals surface area (Å²) in [6.07, 6.45) is 0.352. The quantitative estimate of drug-likeness (QED) is 0.792. The molecule has 1 fully saturated rings. The Balaban J connectivity index is 1.67. The summed E-state index contributed by atoms with van der Waals surface area (Å²) in [6, 6.07) is 10.6. The number of hydrogen-bond acceptors (Lipinski definition) is 4. The molecule has 1 unspecified atom stereocenters. The summed E-state index contributed by atoms with van der Waals surface area (Å²) in [6.45, 7) is 5.07. The lowest BCUT2D eigenvalue weighted by molar-refractivity contribution is -0.0240. The third-order valence-electron chi connectivity index (χ3n) is 3.07. The largest absolute Gasteiger partial charge is 0.374 e. The second-order valence-corrected chi connectivity index (χ2v) is 5.68. The van der Waals surface area contributed by atoms with Crippen molar-refractivity contribution in [2.45, 2.75) is 11.0 Å². The summed E-state index contributed by atoms with van der Waals surface area (Å²) in [5, 5.41) is 3.18. The minimum absolute atomic E-state index is 0.352. The first-order valence-corrected chi connectivity index (χ1v) is 7.53. The molecule has 1 aliphatic heterocycles. The average molecular weight is 266 g/mol. The summed E-state index contributed by atoms with van der Waals surface area (Å²) in [7, 11) is 1.98. The summed E-state index contributed by atoms with van der Waals surface area (Å²) < 4.78 is 5.70. The van der Waals surface area contributed by atoms with E-state index in [0.29, 0.717) is 6.10 Å². The number of nitrogens with zero attached hydrogens (tertiary/aromatic N) is 1. The predicted octanol–water partition coefficient (Wildman–Crippen LogP) is 1.70. The number of likely N-dealkylation sites (N-methyl/N-ethyl adjacent to an activating group) is 1. The number of rotatable bonds is 6. The van der Waals surface area contributed by atoms with E-state index in [-0.39, 0.29) is 0 Å². The smallest absolute Gasteiger partial charge is 0.0826 e. The van der Waals surface area contributed by atoms with Crippen molar-refractivity contribution in [2.24, 2.45) is 0 Å². The highest BCUT2D eigenvalue weighted by Crippen LogP contribution is 2.17. The Morgan fingerprint density at radius 1 is 1.39 bits per heavy atom. The van der Waals surface area contributed by atoms with Gasteiger partial charge in [0.05, 0.1) is 12.7 Å². The summed E-state index contributed by atoms with van der Waals surface area (Å²) in [5.41, 5.74) is 0. The van der Waals surface area contributed by atoms with Crippen molar-refractivity contribution >= 4 is 11.8 Å². The van der Waals surface area contributed by atoms with Crippen molar-refractivity contribution in [1.82, 2.24) is 10.2 Å². The molecule has 1 saturated heterocycles. The first-order chi connectivity index (χ1) is 8.88. The topological polar surface area (TPSA) is 24.5 Å². The molecule has 1 aromatic carbocycles.